The van der Waals surface area contributed by atoms with Gasteiger partial charge in [-0.25, -0.2) is 0 Å². The summed E-state index contributed by atoms with van der Waals surface area (Å²) in [6.07, 6.45) is 3.49. The van der Waals surface area contributed by atoms with Crippen LogP contribution < -0.4 is 0 Å². The first-order valence-electron chi connectivity index (χ1n) is 4.35. The number of Topliss-reactive ketones (excluding diaryl/α,β-unsaturated/α-hetero) is 1. The van der Waals surface area contributed by atoms with E-state index in [1.54, 1.807) is 6.92 Å². The van der Waals surface area contributed by atoms with Crippen LogP contribution in [0.2, 0.25) is 0 Å². The Labute approximate surface area is 68.6 Å². The van der Waals surface area contributed by atoms with Gasteiger partial charge in [0.25, 0.3) is 0 Å². The maximum atomic E-state index is 11.1. The molecule has 0 aromatic carbocycles. The van der Waals surface area contributed by atoms with Gasteiger partial charge >= 0.3 is 0 Å². The molecule has 0 aliphatic carbocycles. The lowest BCUT2D eigenvalue weighted by molar-refractivity contribution is -0.123. The third-order valence-electron chi connectivity index (χ3n) is 2.76. The van der Waals surface area contributed by atoms with E-state index in [4.69, 9.17) is 0 Å². The highest BCUT2D eigenvalue weighted by atomic mass is 16.1. The number of hydrogen-bond donors (Lipinski definition) is 0. The highest BCUT2D eigenvalue weighted by Gasteiger charge is 2.27. The average molecular weight is 155 g/mol. The maximum Gasteiger partial charge on any atom is 0.146 e. The van der Waals surface area contributed by atoms with Crippen molar-refractivity contribution < 1.29 is 4.79 Å². The molecule has 2 nitrogen and oxygen atoms in total. The van der Waals surface area contributed by atoms with Gasteiger partial charge in [0, 0.05) is 6.04 Å². The predicted octanol–water partition coefficient (Wildman–Crippen LogP) is 1.45. The SMILES string of the molecule is CC(=O)C1CCCC(C)N1C. The van der Waals surface area contributed by atoms with Crippen molar-refractivity contribution in [3.63, 3.8) is 0 Å². The molecule has 0 amide bonds. The highest BCUT2D eigenvalue weighted by Crippen LogP contribution is 2.20. The van der Waals surface area contributed by atoms with Crippen LogP contribution in [0.1, 0.15) is 33.1 Å². The molecule has 1 aliphatic heterocycles. The molecule has 1 heterocycles. The Morgan fingerprint density at radius 3 is 2.55 bits per heavy atom. The van der Waals surface area contributed by atoms with Gasteiger partial charge in [0.05, 0.1) is 6.04 Å². The Morgan fingerprint density at radius 1 is 1.45 bits per heavy atom. The third kappa shape index (κ3) is 1.80. The third-order valence-corrected chi connectivity index (χ3v) is 2.76. The summed E-state index contributed by atoms with van der Waals surface area (Å²) in [6.45, 7) is 3.88. The van der Waals surface area contributed by atoms with Crippen molar-refractivity contribution in [2.75, 3.05) is 7.05 Å². The summed E-state index contributed by atoms with van der Waals surface area (Å²) in [6, 6.07) is 0.774. The van der Waals surface area contributed by atoms with Gasteiger partial charge in [-0.3, -0.25) is 9.69 Å². The molecule has 2 heteroatoms. The number of carbonyl (C=O) groups is 1. The van der Waals surface area contributed by atoms with E-state index in [1.165, 1.54) is 12.8 Å². The van der Waals surface area contributed by atoms with Crippen molar-refractivity contribution in [2.24, 2.45) is 0 Å². The topological polar surface area (TPSA) is 20.3 Å². The Balaban J connectivity index is 2.58. The quantitative estimate of drug-likeness (QED) is 0.571. The fourth-order valence-electron chi connectivity index (χ4n) is 1.81. The van der Waals surface area contributed by atoms with Crippen molar-refractivity contribution >= 4 is 5.78 Å². The lowest BCUT2D eigenvalue weighted by atomic mass is 9.95. The van der Waals surface area contributed by atoms with E-state index in [-0.39, 0.29) is 6.04 Å². The van der Waals surface area contributed by atoms with Gasteiger partial charge in [-0.1, -0.05) is 0 Å². The van der Waals surface area contributed by atoms with Gasteiger partial charge in [-0.2, -0.15) is 0 Å². The highest BCUT2D eigenvalue weighted by molar-refractivity contribution is 5.81. The van der Waals surface area contributed by atoms with Crippen molar-refractivity contribution in [3.8, 4) is 0 Å². The van der Waals surface area contributed by atoms with Crippen molar-refractivity contribution in [1.29, 1.82) is 0 Å². The number of rotatable bonds is 1. The number of hydrogen-bond acceptors (Lipinski definition) is 2. The fourth-order valence-corrected chi connectivity index (χ4v) is 1.81. The zero-order valence-corrected chi connectivity index (χ0v) is 7.63. The Bertz CT molecular complexity index is 156. The van der Waals surface area contributed by atoms with Crippen molar-refractivity contribution in [1.82, 2.24) is 4.90 Å². The normalized spacial score (nSPS) is 33.7. The first-order chi connectivity index (χ1) is 5.13. The van der Waals surface area contributed by atoms with E-state index in [9.17, 15) is 4.79 Å². The molecule has 1 aliphatic rings. The molecule has 0 aromatic heterocycles. The maximum absolute atomic E-state index is 11.1. The second-order valence-corrected chi connectivity index (χ2v) is 3.57. The smallest absolute Gasteiger partial charge is 0.146 e. The molecule has 1 saturated heterocycles. The molecular formula is C9H17NO. The molecule has 0 bridgehead atoms. The summed E-state index contributed by atoms with van der Waals surface area (Å²) in [5, 5.41) is 0. The van der Waals surface area contributed by atoms with E-state index in [0.29, 0.717) is 11.8 Å². The van der Waals surface area contributed by atoms with E-state index < -0.39 is 0 Å². The lowest BCUT2D eigenvalue weighted by Gasteiger charge is -2.36. The molecular weight excluding hydrogens is 138 g/mol. The molecule has 1 rings (SSSR count). The van der Waals surface area contributed by atoms with Crippen LogP contribution >= 0.6 is 0 Å². The van der Waals surface area contributed by atoms with Crippen LogP contribution in [-0.4, -0.2) is 29.8 Å². The predicted molar refractivity (Wildman–Crippen MR) is 45.5 cm³/mol. The number of carbonyl (C=O) groups excluding carboxylic acids is 1. The molecule has 2 atom stereocenters. The van der Waals surface area contributed by atoms with E-state index in [0.717, 1.165) is 6.42 Å². The van der Waals surface area contributed by atoms with Crippen LogP contribution in [0, 0.1) is 0 Å². The molecule has 1 fully saturated rings. The van der Waals surface area contributed by atoms with Gasteiger partial charge in [-0.15, -0.1) is 0 Å². The second-order valence-electron chi connectivity index (χ2n) is 3.57. The van der Waals surface area contributed by atoms with Crippen LogP contribution in [0.3, 0.4) is 0 Å². The summed E-state index contributed by atoms with van der Waals surface area (Å²) in [7, 11) is 2.05. The zero-order chi connectivity index (χ0) is 8.43. The largest absolute Gasteiger partial charge is 0.298 e. The summed E-state index contributed by atoms with van der Waals surface area (Å²) in [5.74, 6) is 0.319. The summed E-state index contributed by atoms with van der Waals surface area (Å²) in [4.78, 5) is 13.3. The molecule has 0 spiro atoms. The minimum absolute atomic E-state index is 0.193. The van der Waals surface area contributed by atoms with Crippen molar-refractivity contribution in [3.05, 3.63) is 0 Å². The summed E-state index contributed by atoms with van der Waals surface area (Å²) >= 11 is 0. The van der Waals surface area contributed by atoms with E-state index in [2.05, 4.69) is 18.9 Å². The van der Waals surface area contributed by atoms with Gasteiger partial charge in [-0.05, 0) is 40.2 Å². The van der Waals surface area contributed by atoms with Gasteiger partial charge in [0.1, 0.15) is 5.78 Å². The molecule has 0 saturated carbocycles. The second kappa shape index (κ2) is 3.35. The molecule has 0 radical (unpaired) electrons. The lowest BCUT2D eigenvalue weighted by Crippen LogP contribution is -2.45. The van der Waals surface area contributed by atoms with Gasteiger partial charge in [0.2, 0.25) is 0 Å². The fraction of sp³-hybridized carbons (Fsp3) is 0.889. The van der Waals surface area contributed by atoms with Crippen molar-refractivity contribution in [2.45, 2.75) is 45.2 Å². The molecule has 0 aromatic rings. The standard InChI is InChI=1S/C9H17NO/c1-7-5-4-6-9(8(2)11)10(7)3/h7,9H,4-6H2,1-3H3. The van der Waals surface area contributed by atoms with Crippen LogP contribution in [0.25, 0.3) is 0 Å². The Kier molecular flexibility index (Phi) is 2.66. The number of ketones is 1. The number of nitrogens with zero attached hydrogens (tertiary/aromatic N) is 1. The number of piperidine rings is 1. The zero-order valence-electron chi connectivity index (χ0n) is 7.63. The van der Waals surface area contributed by atoms with Gasteiger partial charge in [0.15, 0.2) is 0 Å². The summed E-state index contributed by atoms with van der Waals surface area (Å²) < 4.78 is 0. The first kappa shape index (κ1) is 8.72. The van der Waals surface area contributed by atoms with Gasteiger partial charge < -0.3 is 0 Å². The minimum Gasteiger partial charge on any atom is -0.298 e. The van der Waals surface area contributed by atoms with Crippen LogP contribution in [0.5, 0.6) is 0 Å². The Hall–Kier alpha value is -0.370. The van der Waals surface area contributed by atoms with E-state index in [1.807, 2.05) is 0 Å². The molecule has 2 unspecified atom stereocenters. The van der Waals surface area contributed by atoms with Crippen LogP contribution in [0.4, 0.5) is 0 Å². The van der Waals surface area contributed by atoms with E-state index >= 15 is 0 Å². The molecule has 64 valence electrons. The first-order valence-corrected chi connectivity index (χ1v) is 4.35. The van der Waals surface area contributed by atoms with Crippen LogP contribution in [0.15, 0.2) is 0 Å². The summed E-state index contributed by atoms with van der Waals surface area (Å²) in [5.41, 5.74) is 0. The average Bonchev–Trinajstić information content (AvgIpc) is 1.94. The number of likely N-dealkylation sites (tertiary alicyclic amines) is 1. The molecule has 11 heavy (non-hydrogen) atoms. The number of likely N-dealkylation sites (N-methyl/N-ethyl adjacent to an activating group) is 1. The Morgan fingerprint density at radius 2 is 2.09 bits per heavy atom. The van der Waals surface area contributed by atoms with Crippen LogP contribution in [-0.2, 0) is 4.79 Å². The monoisotopic (exact) mass is 155 g/mol. The minimum atomic E-state index is 0.193. The molecule has 0 N–H and O–H groups in total.